The van der Waals surface area contributed by atoms with Gasteiger partial charge in [0.05, 0.1) is 0 Å². The number of rotatable bonds is 1. The molecule has 0 amide bonds. The summed E-state index contributed by atoms with van der Waals surface area (Å²) in [5.74, 6) is 0.171. The lowest BCUT2D eigenvalue weighted by molar-refractivity contribution is -0.177. The van der Waals surface area contributed by atoms with Gasteiger partial charge in [0, 0.05) is 19.0 Å². The number of hydroxylamine groups is 2. The van der Waals surface area contributed by atoms with Crippen LogP contribution in [0.5, 0.6) is 0 Å². The Morgan fingerprint density at radius 1 is 1.50 bits per heavy atom. The van der Waals surface area contributed by atoms with Crippen molar-refractivity contribution in [3.05, 3.63) is 0 Å². The van der Waals surface area contributed by atoms with Crippen LogP contribution in [0, 0.1) is 0 Å². The highest BCUT2D eigenvalue weighted by molar-refractivity contribution is 5.80. The van der Waals surface area contributed by atoms with Gasteiger partial charge in [-0.2, -0.15) is 5.06 Å². The molecule has 2 aliphatic rings. The number of Topliss-reactive ketones (excluding diaryl/α,β-unsaturated/α-hetero) is 1. The molecule has 3 nitrogen and oxygen atoms in total. The molecule has 0 spiro atoms. The molecule has 2 fully saturated rings. The van der Waals surface area contributed by atoms with E-state index < -0.39 is 0 Å². The summed E-state index contributed by atoms with van der Waals surface area (Å²) in [5.41, 5.74) is 0. The molecule has 3 heteroatoms. The summed E-state index contributed by atoms with van der Waals surface area (Å²) >= 11 is 0. The van der Waals surface area contributed by atoms with Crippen LogP contribution >= 0.6 is 0 Å². The fourth-order valence-electron chi connectivity index (χ4n) is 2.04. The van der Waals surface area contributed by atoms with Crippen molar-refractivity contribution in [2.24, 2.45) is 0 Å². The maximum absolute atomic E-state index is 11.0. The average Bonchev–Trinajstić information content (AvgIpc) is 2.46. The van der Waals surface area contributed by atoms with Gasteiger partial charge in [0.25, 0.3) is 0 Å². The largest absolute Gasteiger partial charge is 0.297 e. The maximum Gasteiger partial charge on any atom is 0.160 e. The first-order valence-corrected chi connectivity index (χ1v) is 4.71. The molecule has 2 rings (SSSR count). The highest BCUT2D eigenvalue weighted by Crippen LogP contribution is 2.29. The Morgan fingerprint density at radius 2 is 2.33 bits per heavy atom. The lowest BCUT2D eigenvalue weighted by Crippen LogP contribution is -2.33. The van der Waals surface area contributed by atoms with Crippen LogP contribution in [0.4, 0.5) is 0 Å². The maximum atomic E-state index is 11.0. The molecule has 68 valence electrons. The van der Waals surface area contributed by atoms with E-state index in [1.807, 2.05) is 5.06 Å². The van der Waals surface area contributed by atoms with Gasteiger partial charge < -0.3 is 0 Å². The number of carbonyl (C=O) groups is 1. The number of ketones is 1. The Bertz CT molecular complexity index is 179. The monoisotopic (exact) mass is 169 g/mol. The SMILES string of the molecule is CC(=O)C1CC2CCCCN2O1. The van der Waals surface area contributed by atoms with Gasteiger partial charge in [0.2, 0.25) is 0 Å². The molecule has 2 heterocycles. The topological polar surface area (TPSA) is 29.5 Å². The highest BCUT2D eigenvalue weighted by atomic mass is 16.7. The van der Waals surface area contributed by atoms with Crippen molar-refractivity contribution in [3.8, 4) is 0 Å². The van der Waals surface area contributed by atoms with E-state index in [0.717, 1.165) is 13.0 Å². The summed E-state index contributed by atoms with van der Waals surface area (Å²) in [6.45, 7) is 2.62. The number of piperidine rings is 1. The molecule has 0 N–H and O–H groups in total. The second-order valence-electron chi connectivity index (χ2n) is 3.73. The molecular weight excluding hydrogens is 154 g/mol. The van der Waals surface area contributed by atoms with E-state index in [4.69, 9.17) is 4.84 Å². The predicted molar refractivity (Wildman–Crippen MR) is 44.5 cm³/mol. The minimum Gasteiger partial charge on any atom is -0.297 e. The third kappa shape index (κ3) is 1.39. The van der Waals surface area contributed by atoms with Crippen molar-refractivity contribution in [2.75, 3.05) is 6.54 Å². The van der Waals surface area contributed by atoms with Gasteiger partial charge in [-0.1, -0.05) is 6.42 Å². The van der Waals surface area contributed by atoms with Crippen LogP contribution in [0.1, 0.15) is 32.6 Å². The Kier molecular flexibility index (Phi) is 2.15. The van der Waals surface area contributed by atoms with Crippen molar-refractivity contribution in [1.82, 2.24) is 5.06 Å². The van der Waals surface area contributed by atoms with Crippen molar-refractivity contribution in [1.29, 1.82) is 0 Å². The van der Waals surface area contributed by atoms with E-state index in [1.165, 1.54) is 19.3 Å². The molecule has 0 saturated carbocycles. The average molecular weight is 169 g/mol. The van der Waals surface area contributed by atoms with Gasteiger partial charge in [-0.15, -0.1) is 0 Å². The summed E-state index contributed by atoms with van der Waals surface area (Å²) in [7, 11) is 0. The fraction of sp³-hybridized carbons (Fsp3) is 0.889. The molecule has 2 saturated heterocycles. The fourth-order valence-corrected chi connectivity index (χ4v) is 2.04. The predicted octanol–water partition coefficient (Wildman–Crippen LogP) is 1.13. The Labute approximate surface area is 72.6 Å². The lowest BCUT2D eigenvalue weighted by atomic mass is 9.99. The van der Waals surface area contributed by atoms with E-state index in [1.54, 1.807) is 6.92 Å². The van der Waals surface area contributed by atoms with E-state index >= 15 is 0 Å². The van der Waals surface area contributed by atoms with Crippen LogP contribution in [0.2, 0.25) is 0 Å². The number of nitrogens with zero attached hydrogens (tertiary/aromatic N) is 1. The van der Waals surface area contributed by atoms with Gasteiger partial charge in [0.1, 0.15) is 6.10 Å². The highest BCUT2D eigenvalue weighted by Gasteiger charge is 2.36. The van der Waals surface area contributed by atoms with Crippen LogP contribution < -0.4 is 0 Å². The molecular formula is C9H15NO2. The molecule has 0 aliphatic carbocycles. The minimum absolute atomic E-state index is 0.145. The van der Waals surface area contributed by atoms with Crippen LogP contribution in [0.15, 0.2) is 0 Å². The molecule has 0 aromatic carbocycles. The normalized spacial score (nSPS) is 36.4. The summed E-state index contributed by atoms with van der Waals surface area (Å²) in [4.78, 5) is 16.5. The van der Waals surface area contributed by atoms with E-state index in [-0.39, 0.29) is 11.9 Å². The number of carbonyl (C=O) groups excluding carboxylic acids is 1. The molecule has 0 radical (unpaired) electrons. The Morgan fingerprint density at radius 3 is 3.00 bits per heavy atom. The summed E-state index contributed by atoms with van der Waals surface area (Å²) in [6.07, 6.45) is 4.46. The van der Waals surface area contributed by atoms with Crippen molar-refractivity contribution in [2.45, 2.75) is 44.8 Å². The second-order valence-corrected chi connectivity index (χ2v) is 3.73. The molecule has 2 atom stereocenters. The van der Waals surface area contributed by atoms with Crippen LogP contribution in [0.3, 0.4) is 0 Å². The third-order valence-electron chi connectivity index (χ3n) is 2.78. The van der Waals surface area contributed by atoms with Gasteiger partial charge in [0.15, 0.2) is 5.78 Å². The molecule has 0 bridgehead atoms. The lowest BCUT2D eigenvalue weighted by Gasteiger charge is -2.26. The van der Waals surface area contributed by atoms with Gasteiger partial charge >= 0.3 is 0 Å². The Balaban J connectivity index is 1.98. The smallest absolute Gasteiger partial charge is 0.160 e. The summed E-state index contributed by atoms with van der Waals surface area (Å²) in [6, 6.07) is 0.521. The quantitative estimate of drug-likeness (QED) is 0.589. The molecule has 0 aromatic rings. The van der Waals surface area contributed by atoms with Crippen LogP contribution in [-0.4, -0.2) is 29.5 Å². The first-order chi connectivity index (χ1) is 5.77. The summed E-state index contributed by atoms with van der Waals surface area (Å²) in [5, 5.41) is 2.01. The zero-order valence-corrected chi connectivity index (χ0v) is 7.45. The zero-order valence-electron chi connectivity index (χ0n) is 7.45. The third-order valence-corrected chi connectivity index (χ3v) is 2.78. The minimum atomic E-state index is -0.145. The zero-order chi connectivity index (χ0) is 8.55. The number of fused-ring (bicyclic) bond motifs is 1. The number of hydrogen-bond acceptors (Lipinski definition) is 3. The standard InChI is InChI=1S/C9H15NO2/c1-7(11)9-6-8-4-2-3-5-10(8)12-9/h8-9H,2-6H2,1H3. The van der Waals surface area contributed by atoms with Crippen molar-refractivity contribution >= 4 is 5.78 Å². The Hall–Kier alpha value is -0.410. The molecule has 2 aliphatic heterocycles. The van der Waals surface area contributed by atoms with E-state index in [0.29, 0.717) is 6.04 Å². The number of hydrogen-bond donors (Lipinski definition) is 0. The van der Waals surface area contributed by atoms with Crippen LogP contribution in [-0.2, 0) is 9.63 Å². The molecule has 12 heavy (non-hydrogen) atoms. The molecule has 2 unspecified atom stereocenters. The first kappa shape index (κ1) is 8.20. The van der Waals surface area contributed by atoms with Crippen molar-refractivity contribution in [3.63, 3.8) is 0 Å². The second kappa shape index (κ2) is 3.15. The van der Waals surface area contributed by atoms with Gasteiger partial charge in [-0.25, -0.2) is 0 Å². The van der Waals surface area contributed by atoms with Gasteiger partial charge in [-0.3, -0.25) is 9.63 Å². The van der Waals surface area contributed by atoms with Crippen LogP contribution in [0.25, 0.3) is 0 Å². The van der Waals surface area contributed by atoms with E-state index in [9.17, 15) is 4.79 Å². The van der Waals surface area contributed by atoms with Gasteiger partial charge in [-0.05, 0) is 19.8 Å². The summed E-state index contributed by atoms with van der Waals surface area (Å²) < 4.78 is 0. The van der Waals surface area contributed by atoms with E-state index in [2.05, 4.69) is 0 Å². The first-order valence-electron chi connectivity index (χ1n) is 4.71. The van der Waals surface area contributed by atoms with Crippen molar-refractivity contribution < 1.29 is 9.63 Å². The molecule has 0 aromatic heterocycles.